The highest BCUT2D eigenvalue weighted by Gasteiger charge is 2.22. The molecule has 1 amide bonds. The van der Waals surface area contributed by atoms with E-state index in [-0.39, 0.29) is 23.5 Å². The zero-order chi connectivity index (χ0) is 21.3. The van der Waals surface area contributed by atoms with Crippen LogP contribution in [0.15, 0.2) is 24.5 Å². The van der Waals surface area contributed by atoms with Crippen molar-refractivity contribution >= 4 is 34.0 Å². The van der Waals surface area contributed by atoms with Crippen molar-refractivity contribution in [2.75, 3.05) is 43.7 Å². The molecule has 3 aromatic rings. The van der Waals surface area contributed by atoms with Gasteiger partial charge in [0.05, 0.1) is 48.2 Å². The SMILES string of the molecule is CCn1cnc2cc(-c3cc(N(C)CCO)c(C(N)=O)c(N)c3N)cc(OC)c21. The lowest BCUT2D eigenvalue weighted by atomic mass is 9.96. The van der Waals surface area contributed by atoms with Gasteiger partial charge >= 0.3 is 0 Å². The van der Waals surface area contributed by atoms with Crippen LogP contribution < -0.4 is 26.8 Å². The molecule has 0 unspecified atom stereocenters. The van der Waals surface area contributed by atoms with Crippen molar-refractivity contribution in [2.24, 2.45) is 5.73 Å². The van der Waals surface area contributed by atoms with Crippen LogP contribution in [0.4, 0.5) is 17.1 Å². The molecular weight excluding hydrogens is 372 g/mol. The number of aliphatic hydroxyl groups excluding tert-OH is 1. The molecule has 0 fully saturated rings. The number of aliphatic hydroxyl groups is 1. The van der Waals surface area contributed by atoms with Crippen molar-refractivity contribution < 1.29 is 14.6 Å². The Morgan fingerprint density at radius 1 is 1.28 bits per heavy atom. The molecule has 0 saturated heterocycles. The summed E-state index contributed by atoms with van der Waals surface area (Å²) in [7, 11) is 3.34. The van der Waals surface area contributed by atoms with Gasteiger partial charge in [0.2, 0.25) is 0 Å². The Hall–Kier alpha value is -3.46. The summed E-state index contributed by atoms with van der Waals surface area (Å²) >= 11 is 0. The van der Waals surface area contributed by atoms with E-state index in [0.717, 1.165) is 23.1 Å². The quantitative estimate of drug-likeness (QED) is 0.440. The zero-order valence-corrected chi connectivity index (χ0v) is 16.8. The van der Waals surface area contributed by atoms with Gasteiger partial charge < -0.3 is 36.5 Å². The van der Waals surface area contributed by atoms with E-state index in [2.05, 4.69) is 4.98 Å². The monoisotopic (exact) mass is 398 g/mol. The largest absolute Gasteiger partial charge is 0.494 e. The number of nitrogens with two attached hydrogens (primary N) is 3. The fraction of sp³-hybridized carbons (Fsp3) is 0.300. The number of aromatic nitrogens is 2. The number of hydrogen-bond acceptors (Lipinski definition) is 7. The molecule has 0 spiro atoms. The van der Waals surface area contributed by atoms with E-state index in [4.69, 9.17) is 21.9 Å². The number of ether oxygens (including phenoxy) is 1. The molecular formula is C20H26N6O3. The first-order valence-corrected chi connectivity index (χ1v) is 9.20. The highest BCUT2D eigenvalue weighted by atomic mass is 16.5. The van der Waals surface area contributed by atoms with Crippen LogP contribution in [-0.2, 0) is 6.54 Å². The summed E-state index contributed by atoms with van der Waals surface area (Å²) < 4.78 is 7.58. The van der Waals surface area contributed by atoms with Gasteiger partial charge in [-0.1, -0.05) is 0 Å². The van der Waals surface area contributed by atoms with Crippen molar-refractivity contribution in [3.63, 3.8) is 0 Å². The Morgan fingerprint density at radius 3 is 2.59 bits per heavy atom. The number of likely N-dealkylation sites (N-methyl/N-ethyl adjacent to an activating group) is 1. The Morgan fingerprint density at radius 2 is 2.00 bits per heavy atom. The van der Waals surface area contributed by atoms with Gasteiger partial charge in [-0.2, -0.15) is 0 Å². The van der Waals surface area contributed by atoms with Crippen LogP contribution in [0.5, 0.6) is 5.75 Å². The van der Waals surface area contributed by atoms with Crippen molar-refractivity contribution in [1.29, 1.82) is 0 Å². The number of hydrogen-bond donors (Lipinski definition) is 4. The predicted octanol–water partition coefficient (Wildman–Crippen LogP) is 1.42. The summed E-state index contributed by atoms with van der Waals surface area (Å²) in [5.41, 5.74) is 22.0. The molecule has 0 aliphatic carbocycles. The van der Waals surface area contributed by atoms with Crippen LogP contribution in [0.2, 0.25) is 0 Å². The summed E-state index contributed by atoms with van der Waals surface area (Å²) in [6.45, 7) is 2.98. The second kappa shape index (κ2) is 7.88. The molecule has 0 atom stereocenters. The van der Waals surface area contributed by atoms with E-state index < -0.39 is 5.91 Å². The van der Waals surface area contributed by atoms with E-state index in [0.29, 0.717) is 23.5 Å². The van der Waals surface area contributed by atoms with E-state index >= 15 is 0 Å². The van der Waals surface area contributed by atoms with Gasteiger partial charge in [0.25, 0.3) is 5.91 Å². The molecule has 7 N–H and O–H groups in total. The number of imidazole rings is 1. The number of fused-ring (bicyclic) bond motifs is 1. The normalized spacial score (nSPS) is 11.0. The standard InChI is InChI=1S/C20H26N6O3/c1-4-26-10-24-13-7-11(8-15(29-3)19(13)26)12-9-14(25(2)5-6-27)16(20(23)28)18(22)17(12)21/h7-10,27H,4-6,21-22H2,1-3H3,(H2,23,28). The maximum Gasteiger partial charge on any atom is 0.252 e. The van der Waals surface area contributed by atoms with Crippen LogP contribution in [0.1, 0.15) is 17.3 Å². The van der Waals surface area contributed by atoms with Crippen molar-refractivity contribution in [3.8, 4) is 16.9 Å². The highest BCUT2D eigenvalue weighted by Crippen LogP contribution is 2.41. The second-order valence-corrected chi connectivity index (χ2v) is 6.73. The number of carbonyl (C=O) groups is 1. The van der Waals surface area contributed by atoms with Gasteiger partial charge in [-0.3, -0.25) is 4.79 Å². The minimum Gasteiger partial charge on any atom is -0.494 e. The molecule has 9 nitrogen and oxygen atoms in total. The third-order valence-corrected chi connectivity index (χ3v) is 5.03. The van der Waals surface area contributed by atoms with Gasteiger partial charge in [-0.05, 0) is 30.7 Å². The van der Waals surface area contributed by atoms with Crippen LogP contribution in [0, 0.1) is 0 Å². The topological polar surface area (TPSA) is 146 Å². The molecule has 2 aromatic carbocycles. The van der Waals surface area contributed by atoms with Gasteiger partial charge in [0.15, 0.2) is 0 Å². The van der Waals surface area contributed by atoms with E-state index in [1.165, 1.54) is 0 Å². The summed E-state index contributed by atoms with van der Waals surface area (Å²) in [5.74, 6) is -0.0330. The molecule has 0 aliphatic rings. The molecule has 0 bridgehead atoms. The molecule has 3 rings (SSSR count). The molecule has 1 aromatic heterocycles. The minimum absolute atomic E-state index is 0.0947. The number of nitrogens with zero attached hydrogens (tertiary/aromatic N) is 3. The number of benzene rings is 2. The first kappa shape index (κ1) is 20.3. The highest BCUT2D eigenvalue weighted by molar-refractivity contribution is 6.09. The maximum absolute atomic E-state index is 12.0. The minimum atomic E-state index is -0.685. The summed E-state index contributed by atoms with van der Waals surface area (Å²) in [4.78, 5) is 18.2. The average molecular weight is 398 g/mol. The van der Waals surface area contributed by atoms with Crippen molar-refractivity contribution in [2.45, 2.75) is 13.5 Å². The molecule has 0 aliphatic heterocycles. The first-order chi connectivity index (χ1) is 13.8. The second-order valence-electron chi connectivity index (χ2n) is 6.73. The molecule has 29 heavy (non-hydrogen) atoms. The molecule has 0 radical (unpaired) electrons. The number of primary amides is 1. The summed E-state index contributed by atoms with van der Waals surface area (Å²) in [6, 6.07) is 5.51. The summed E-state index contributed by atoms with van der Waals surface area (Å²) in [5, 5.41) is 9.31. The Kier molecular flexibility index (Phi) is 5.51. The van der Waals surface area contributed by atoms with Gasteiger partial charge in [0.1, 0.15) is 11.3 Å². The molecule has 0 saturated carbocycles. The van der Waals surface area contributed by atoms with Crippen LogP contribution in [-0.4, -0.2) is 47.9 Å². The lowest BCUT2D eigenvalue weighted by Gasteiger charge is -2.24. The summed E-state index contributed by atoms with van der Waals surface area (Å²) in [6.07, 6.45) is 1.76. The number of methoxy groups -OCH3 is 1. The van der Waals surface area contributed by atoms with Crippen LogP contribution >= 0.6 is 0 Å². The van der Waals surface area contributed by atoms with E-state index in [9.17, 15) is 9.90 Å². The fourth-order valence-corrected chi connectivity index (χ4v) is 3.49. The lowest BCUT2D eigenvalue weighted by Crippen LogP contribution is -2.26. The van der Waals surface area contributed by atoms with Crippen molar-refractivity contribution in [3.05, 3.63) is 30.1 Å². The number of nitrogen functional groups attached to an aromatic ring is 2. The smallest absolute Gasteiger partial charge is 0.252 e. The van der Waals surface area contributed by atoms with Crippen molar-refractivity contribution in [1.82, 2.24) is 9.55 Å². The number of anilines is 3. The fourth-order valence-electron chi connectivity index (χ4n) is 3.49. The first-order valence-electron chi connectivity index (χ1n) is 9.20. The number of rotatable bonds is 7. The van der Waals surface area contributed by atoms with Crippen LogP contribution in [0.3, 0.4) is 0 Å². The molecule has 1 heterocycles. The van der Waals surface area contributed by atoms with E-state index in [1.54, 1.807) is 31.5 Å². The predicted molar refractivity (Wildman–Crippen MR) is 115 cm³/mol. The third kappa shape index (κ3) is 3.40. The lowest BCUT2D eigenvalue weighted by molar-refractivity contribution is 0.100. The average Bonchev–Trinajstić information content (AvgIpc) is 3.12. The van der Waals surface area contributed by atoms with Gasteiger partial charge in [-0.25, -0.2) is 4.98 Å². The number of amides is 1. The number of aryl methyl sites for hydroxylation is 1. The van der Waals surface area contributed by atoms with Gasteiger partial charge in [-0.15, -0.1) is 0 Å². The third-order valence-electron chi connectivity index (χ3n) is 5.03. The Labute approximate surface area is 168 Å². The van der Waals surface area contributed by atoms with Crippen LogP contribution in [0.25, 0.3) is 22.2 Å². The molecule has 154 valence electrons. The Bertz CT molecular complexity index is 1080. The zero-order valence-electron chi connectivity index (χ0n) is 16.8. The maximum atomic E-state index is 12.0. The van der Waals surface area contributed by atoms with Gasteiger partial charge in [0, 0.05) is 25.7 Å². The number of carbonyl (C=O) groups excluding carboxylic acids is 1. The Balaban J connectivity index is 2.29. The van der Waals surface area contributed by atoms with E-state index in [1.807, 2.05) is 23.6 Å². The molecule has 9 heteroatoms.